The average molecular weight is 145 g/mol. The number of amides is 1. The predicted molar refractivity (Wildman–Crippen MR) is 30.3 cm³/mol. The third kappa shape index (κ3) is 4.77. The molecule has 0 bridgehead atoms. The summed E-state index contributed by atoms with van der Waals surface area (Å²) in [5, 5.41) is 0. The summed E-state index contributed by atoms with van der Waals surface area (Å²) >= 11 is 3.63. The van der Waals surface area contributed by atoms with E-state index in [4.69, 9.17) is 0 Å². The number of carbonyl (C=O) groups is 1. The molecule has 5 heteroatoms. The van der Waals surface area contributed by atoms with Crippen LogP contribution >= 0.6 is 12.8 Å². The molecule has 0 saturated heterocycles. The molecule has 0 saturated carbocycles. The Kier molecular flexibility index (Phi) is 8.21. The number of thiol groups is 1. The van der Waals surface area contributed by atoms with E-state index in [1.807, 2.05) is 0 Å². The number of methoxy groups -OCH3 is 1. The van der Waals surface area contributed by atoms with Crippen LogP contribution in [-0.2, 0) is 4.74 Å². The van der Waals surface area contributed by atoms with E-state index in [2.05, 4.69) is 17.6 Å². The van der Waals surface area contributed by atoms with Crippen LogP contribution in [0.25, 0.3) is 0 Å². The van der Waals surface area contributed by atoms with Crippen LogP contribution in [-0.4, -0.2) is 24.6 Å². The van der Waals surface area contributed by atoms with Crippen LogP contribution in [0, 0.1) is 0 Å². The van der Waals surface area contributed by atoms with Crippen molar-refractivity contribution in [3.63, 3.8) is 0 Å². The third-order valence-electron chi connectivity index (χ3n) is 0.439. The van der Waals surface area contributed by atoms with Crippen LogP contribution in [0.15, 0.2) is 0 Å². The van der Waals surface area contributed by atoms with Gasteiger partial charge in [-0.2, -0.15) is 0 Å². The van der Waals surface area contributed by atoms with E-state index in [0.717, 1.165) is 4.31 Å². The van der Waals surface area contributed by atoms with E-state index in [-0.39, 0.29) is 31.0 Å². The van der Waals surface area contributed by atoms with Gasteiger partial charge in [0.1, 0.15) is 0 Å². The summed E-state index contributed by atoms with van der Waals surface area (Å²) in [6.45, 7) is 0. The Morgan fingerprint density at radius 2 is 2.25 bits per heavy atom. The van der Waals surface area contributed by atoms with Crippen molar-refractivity contribution in [3.05, 3.63) is 0 Å². The topological polar surface area (TPSA) is 29.5 Å². The molecule has 0 rings (SSSR count). The fraction of sp³-hybridized carbons (Fsp3) is 0.667. The maximum absolute atomic E-state index is 10.1. The van der Waals surface area contributed by atoms with Crippen LogP contribution in [0.5, 0.6) is 0 Å². The minimum Gasteiger partial charge on any atom is -1.00 e. The zero-order chi connectivity index (χ0) is 5.86. The molecule has 0 radical (unpaired) electrons. The van der Waals surface area contributed by atoms with Crippen LogP contribution in [0.2, 0.25) is 0 Å². The first-order chi connectivity index (χ1) is 3.18. The van der Waals surface area contributed by atoms with E-state index in [1.54, 1.807) is 0 Å². The maximum atomic E-state index is 10.1. The van der Waals surface area contributed by atoms with Crippen LogP contribution in [0.4, 0.5) is 4.79 Å². The number of hydrogen-bond donors (Lipinski definition) is 1. The Morgan fingerprint density at radius 1 is 1.88 bits per heavy atom. The van der Waals surface area contributed by atoms with Crippen molar-refractivity contribution in [2.24, 2.45) is 0 Å². The van der Waals surface area contributed by atoms with Gasteiger partial charge in [0.05, 0.1) is 7.11 Å². The zero-order valence-electron chi connectivity index (χ0n) is 6.21. The van der Waals surface area contributed by atoms with Gasteiger partial charge in [-0.25, -0.2) is 4.79 Å². The van der Waals surface area contributed by atoms with Crippen molar-refractivity contribution in [1.29, 1.82) is 0 Å². The molecule has 8 heavy (non-hydrogen) atoms. The van der Waals surface area contributed by atoms with Gasteiger partial charge in [-0.3, -0.25) is 4.31 Å². The molecule has 0 spiro atoms. The fourth-order valence-corrected chi connectivity index (χ4v) is 0.214. The van der Waals surface area contributed by atoms with E-state index < -0.39 is 6.09 Å². The van der Waals surface area contributed by atoms with Crippen LogP contribution < -0.4 is 29.6 Å². The molecule has 0 aromatic rings. The SMILES string of the molecule is COC(=O)N(C)S.[H-].[Na+]. The molecule has 0 fully saturated rings. The first-order valence-corrected chi connectivity index (χ1v) is 2.09. The van der Waals surface area contributed by atoms with Crippen molar-refractivity contribution in [2.75, 3.05) is 14.2 Å². The molecule has 0 aromatic heterocycles. The van der Waals surface area contributed by atoms with Crippen molar-refractivity contribution in [1.82, 2.24) is 4.31 Å². The second-order valence-corrected chi connectivity index (χ2v) is 1.59. The maximum Gasteiger partial charge on any atom is 1.00 e. The third-order valence-corrected chi connectivity index (χ3v) is 0.602. The number of ether oxygens (including phenoxy) is 1. The molecule has 44 valence electrons. The Labute approximate surface area is 77.7 Å². The summed E-state index contributed by atoms with van der Waals surface area (Å²) in [5.74, 6) is 0. The minimum absolute atomic E-state index is 0. The molecule has 0 heterocycles. The van der Waals surface area contributed by atoms with E-state index in [1.165, 1.54) is 14.2 Å². The summed E-state index contributed by atoms with van der Waals surface area (Å²) in [6.07, 6.45) is -0.455. The monoisotopic (exact) mass is 145 g/mol. The molecular weight excluding hydrogens is 137 g/mol. The molecule has 0 aliphatic carbocycles. The van der Waals surface area contributed by atoms with Gasteiger partial charge in [-0.15, -0.1) is 0 Å². The Balaban J connectivity index is -0.000000180. The molecule has 0 aliphatic heterocycles. The van der Waals surface area contributed by atoms with Gasteiger partial charge in [0.2, 0.25) is 0 Å². The number of rotatable bonds is 0. The second kappa shape index (κ2) is 5.75. The van der Waals surface area contributed by atoms with Crippen molar-refractivity contribution < 1.29 is 40.5 Å². The quantitative estimate of drug-likeness (QED) is 0.305. The zero-order valence-corrected chi connectivity index (χ0v) is 8.11. The van der Waals surface area contributed by atoms with Crippen LogP contribution in [0.1, 0.15) is 1.43 Å². The first kappa shape index (κ1) is 11.4. The van der Waals surface area contributed by atoms with Gasteiger partial charge in [0.25, 0.3) is 0 Å². The smallest absolute Gasteiger partial charge is 1.00 e. The van der Waals surface area contributed by atoms with Crippen molar-refractivity contribution in [2.45, 2.75) is 0 Å². The Morgan fingerprint density at radius 3 is 2.25 bits per heavy atom. The van der Waals surface area contributed by atoms with Gasteiger partial charge in [-0.1, -0.05) is 12.8 Å². The summed E-state index contributed by atoms with van der Waals surface area (Å²) in [5.41, 5.74) is 0. The number of carbonyl (C=O) groups excluding carboxylic acids is 1. The molecule has 0 aliphatic rings. The van der Waals surface area contributed by atoms with E-state index in [9.17, 15) is 4.79 Å². The molecule has 3 nitrogen and oxygen atoms in total. The standard InChI is InChI=1S/C3H7NO2S.Na.H/c1-4(7)3(5)6-2;;/h7H,1-2H3;;/q;+1;-1. The van der Waals surface area contributed by atoms with Crippen LogP contribution in [0.3, 0.4) is 0 Å². The molecule has 0 atom stereocenters. The molecular formula is C3H8NNaO2S. The predicted octanol–water partition coefficient (Wildman–Crippen LogP) is -2.35. The van der Waals surface area contributed by atoms with Crippen molar-refractivity contribution in [3.8, 4) is 0 Å². The number of nitrogens with zero attached hydrogens (tertiary/aromatic N) is 1. The fourth-order valence-electron chi connectivity index (χ4n) is 0.132. The normalized spacial score (nSPS) is 6.88. The van der Waals surface area contributed by atoms with Crippen molar-refractivity contribution >= 4 is 18.9 Å². The summed E-state index contributed by atoms with van der Waals surface area (Å²) in [7, 11) is 2.80. The minimum atomic E-state index is -0.455. The summed E-state index contributed by atoms with van der Waals surface area (Å²) in [4.78, 5) is 10.1. The van der Waals surface area contributed by atoms with Gasteiger partial charge in [0.15, 0.2) is 0 Å². The van der Waals surface area contributed by atoms with Gasteiger partial charge < -0.3 is 6.16 Å². The Hall–Kier alpha value is 0.620. The summed E-state index contributed by atoms with van der Waals surface area (Å²) < 4.78 is 5.28. The molecule has 0 unspecified atom stereocenters. The second-order valence-electron chi connectivity index (χ2n) is 0.994. The Bertz CT molecular complexity index is 82.2. The van der Waals surface area contributed by atoms with Gasteiger partial charge in [-0.05, 0) is 0 Å². The molecule has 0 aromatic carbocycles. The molecule has 1 amide bonds. The first-order valence-electron chi connectivity index (χ1n) is 1.69. The molecule has 0 N–H and O–H groups in total. The largest absolute Gasteiger partial charge is 1.00 e. The average Bonchev–Trinajstić information content (AvgIpc) is 1.65. The van der Waals surface area contributed by atoms with E-state index >= 15 is 0 Å². The van der Waals surface area contributed by atoms with Gasteiger partial charge in [0, 0.05) is 7.05 Å². The number of hydrogen-bond acceptors (Lipinski definition) is 3. The van der Waals surface area contributed by atoms with E-state index in [0.29, 0.717) is 0 Å². The van der Waals surface area contributed by atoms with Gasteiger partial charge >= 0.3 is 35.7 Å². The summed E-state index contributed by atoms with van der Waals surface area (Å²) in [6, 6.07) is 0.